The average Bonchev–Trinajstić information content (AvgIpc) is 2.35. The zero-order valence-electron chi connectivity index (χ0n) is 9.25. The van der Waals surface area contributed by atoms with Gasteiger partial charge in [0.25, 0.3) is 0 Å². The highest BCUT2D eigenvalue weighted by Crippen LogP contribution is 2.35. The standard InChI is InChI=1S/C13H6Cl4O2/c14-7-2-1-3-8(15)11(7)12(18)6-4-9(16)13(19)10(17)5-6/h1-5,19H. The number of rotatable bonds is 2. The van der Waals surface area contributed by atoms with Crippen LogP contribution in [-0.4, -0.2) is 10.9 Å². The van der Waals surface area contributed by atoms with Crippen LogP contribution in [0.25, 0.3) is 0 Å². The minimum atomic E-state index is -0.417. The molecular weight excluding hydrogens is 330 g/mol. The molecule has 0 unspecified atom stereocenters. The third kappa shape index (κ3) is 2.82. The summed E-state index contributed by atoms with van der Waals surface area (Å²) >= 11 is 23.5. The first kappa shape index (κ1) is 14.5. The van der Waals surface area contributed by atoms with Crippen molar-refractivity contribution in [3.8, 4) is 5.75 Å². The van der Waals surface area contributed by atoms with E-state index >= 15 is 0 Å². The van der Waals surface area contributed by atoms with E-state index in [1.807, 2.05) is 0 Å². The lowest BCUT2D eigenvalue weighted by Gasteiger charge is -2.08. The highest BCUT2D eigenvalue weighted by molar-refractivity contribution is 6.42. The number of hydrogen-bond donors (Lipinski definition) is 1. The summed E-state index contributed by atoms with van der Waals surface area (Å²) in [5, 5.41) is 9.90. The molecule has 0 aliphatic rings. The number of benzene rings is 2. The average molecular weight is 336 g/mol. The zero-order valence-corrected chi connectivity index (χ0v) is 12.3. The smallest absolute Gasteiger partial charge is 0.196 e. The Balaban J connectivity index is 2.57. The van der Waals surface area contributed by atoms with Crippen molar-refractivity contribution in [2.45, 2.75) is 0 Å². The van der Waals surface area contributed by atoms with Gasteiger partial charge in [-0.15, -0.1) is 0 Å². The largest absolute Gasteiger partial charge is 0.505 e. The molecule has 0 spiro atoms. The van der Waals surface area contributed by atoms with E-state index in [2.05, 4.69) is 0 Å². The summed E-state index contributed by atoms with van der Waals surface area (Å²) in [5.74, 6) is -0.690. The van der Waals surface area contributed by atoms with Crippen molar-refractivity contribution in [3.05, 3.63) is 61.5 Å². The lowest BCUT2D eigenvalue weighted by molar-refractivity contribution is 0.103. The van der Waals surface area contributed by atoms with Crippen molar-refractivity contribution in [3.63, 3.8) is 0 Å². The molecule has 0 fully saturated rings. The van der Waals surface area contributed by atoms with Crippen LogP contribution in [0.2, 0.25) is 20.1 Å². The molecule has 0 bridgehead atoms. The van der Waals surface area contributed by atoms with Crippen molar-refractivity contribution < 1.29 is 9.90 Å². The number of phenols is 1. The van der Waals surface area contributed by atoms with Gasteiger partial charge in [0.05, 0.1) is 25.7 Å². The predicted octanol–water partition coefficient (Wildman–Crippen LogP) is 5.24. The number of aromatic hydroxyl groups is 1. The summed E-state index contributed by atoms with van der Waals surface area (Å²) in [6, 6.07) is 7.38. The molecule has 0 aliphatic carbocycles. The first-order valence-corrected chi connectivity index (χ1v) is 6.59. The molecule has 2 aromatic rings. The minimum Gasteiger partial charge on any atom is -0.505 e. The number of phenolic OH excluding ortho intramolecular Hbond substituents is 1. The molecule has 19 heavy (non-hydrogen) atoms. The highest BCUT2D eigenvalue weighted by atomic mass is 35.5. The van der Waals surface area contributed by atoms with E-state index in [0.717, 1.165) is 0 Å². The Morgan fingerprint density at radius 1 is 0.895 bits per heavy atom. The maximum Gasteiger partial charge on any atom is 0.196 e. The van der Waals surface area contributed by atoms with Crippen molar-refractivity contribution in [2.75, 3.05) is 0 Å². The van der Waals surface area contributed by atoms with Gasteiger partial charge < -0.3 is 5.11 Å². The van der Waals surface area contributed by atoms with Crippen LogP contribution >= 0.6 is 46.4 Å². The maximum atomic E-state index is 12.3. The lowest BCUT2D eigenvalue weighted by Crippen LogP contribution is -2.03. The topological polar surface area (TPSA) is 37.3 Å². The van der Waals surface area contributed by atoms with Crippen LogP contribution in [0, 0.1) is 0 Å². The second kappa shape index (κ2) is 5.59. The zero-order chi connectivity index (χ0) is 14.2. The Labute approximate surface area is 129 Å². The Hall–Kier alpha value is -0.930. The Kier molecular flexibility index (Phi) is 4.26. The number of ketones is 1. The minimum absolute atomic E-state index is 0.0148. The Bertz CT molecular complexity index is 624. The van der Waals surface area contributed by atoms with E-state index in [-0.39, 0.29) is 37.0 Å². The molecule has 0 atom stereocenters. The normalized spacial score (nSPS) is 10.5. The van der Waals surface area contributed by atoms with Gasteiger partial charge in [0, 0.05) is 5.56 Å². The van der Waals surface area contributed by atoms with Gasteiger partial charge in [0.1, 0.15) is 0 Å². The number of carbonyl (C=O) groups excluding carboxylic acids is 1. The molecule has 1 N–H and O–H groups in total. The van der Waals surface area contributed by atoms with Gasteiger partial charge in [-0.1, -0.05) is 52.5 Å². The SMILES string of the molecule is O=C(c1cc(Cl)c(O)c(Cl)c1)c1c(Cl)cccc1Cl. The van der Waals surface area contributed by atoms with Crippen LogP contribution in [0.4, 0.5) is 0 Å². The summed E-state index contributed by atoms with van der Waals surface area (Å²) < 4.78 is 0. The van der Waals surface area contributed by atoms with E-state index in [0.29, 0.717) is 0 Å². The van der Waals surface area contributed by atoms with Crippen molar-refractivity contribution in [2.24, 2.45) is 0 Å². The van der Waals surface area contributed by atoms with Crippen LogP contribution in [0.1, 0.15) is 15.9 Å². The summed E-state index contributed by atoms with van der Waals surface area (Å²) in [6.45, 7) is 0. The van der Waals surface area contributed by atoms with Crippen LogP contribution in [0.5, 0.6) is 5.75 Å². The molecule has 0 amide bonds. The van der Waals surface area contributed by atoms with Crippen LogP contribution in [0.3, 0.4) is 0 Å². The first-order valence-electron chi connectivity index (χ1n) is 5.08. The molecule has 2 nitrogen and oxygen atoms in total. The first-order chi connectivity index (χ1) is 8.91. The van der Waals surface area contributed by atoms with Crippen molar-refractivity contribution >= 4 is 52.2 Å². The van der Waals surface area contributed by atoms with Gasteiger partial charge in [-0.2, -0.15) is 0 Å². The molecule has 0 aromatic heterocycles. The molecule has 0 saturated heterocycles. The fraction of sp³-hybridized carbons (Fsp3) is 0. The molecule has 0 heterocycles. The van der Waals surface area contributed by atoms with E-state index in [1.165, 1.54) is 12.1 Å². The summed E-state index contributed by atoms with van der Waals surface area (Å²) in [5.41, 5.74) is 0.367. The molecule has 6 heteroatoms. The molecule has 98 valence electrons. The number of carbonyl (C=O) groups is 1. The number of hydrogen-bond acceptors (Lipinski definition) is 2. The molecular formula is C13H6Cl4O2. The summed E-state index contributed by atoms with van der Waals surface area (Å²) in [4.78, 5) is 12.3. The molecule has 2 aromatic carbocycles. The Morgan fingerprint density at radius 2 is 1.37 bits per heavy atom. The third-order valence-corrected chi connectivity index (χ3v) is 3.68. The van der Waals surface area contributed by atoms with Crippen LogP contribution in [0.15, 0.2) is 30.3 Å². The van der Waals surface area contributed by atoms with Crippen LogP contribution in [-0.2, 0) is 0 Å². The highest BCUT2D eigenvalue weighted by Gasteiger charge is 2.19. The van der Waals surface area contributed by atoms with Crippen molar-refractivity contribution in [1.82, 2.24) is 0 Å². The Morgan fingerprint density at radius 3 is 1.84 bits per heavy atom. The van der Waals surface area contributed by atoms with Gasteiger partial charge in [0.2, 0.25) is 0 Å². The van der Waals surface area contributed by atoms with Gasteiger partial charge in [-0.3, -0.25) is 4.79 Å². The van der Waals surface area contributed by atoms with Crippen LogP contribution < -0.4 is 0 Å². The van der Waals surface area contributed by atoms with Gasteiger partial charge >= 0.3 is 0 Å². The summed E-state index contributed by atoms with van der Waals surface area (Å²) in [7, 11) is 0. The fourth-order valence-electron chi connectivity index (χ4n) is 1.56. The summed E-state index contributed by atoms with van der Waals surface area (Å²) in [6.07, 6.45) is 0. The van der Waals surface area contributed by atoms with E-state index < -0.39 is 5.78 Å². The molecule has 0 saturated carbocycles. The molecule has 0 radical (unpaired) electrons. The molecule has 2 rings (SSSR count). The van der Waals surface area contributed by atoms with Gasteiger partial charge in [-0.25, -0.2) is 0 Å². The van der Waals surface area contributed by atoms with E-state index in [9.17, 15) is 9.90 Å². The second-order valence-corrected chi connectivity index (χ2v) is 5.34. The maximum absolute atomic E-state index is 12.3. The van der Waals surface area contributed by atoms with Gasteiger partial charge in [-0.05, 0) is 24.3 Å². The third-order valence-electron chi connectivity index (χ3n) is 2.47. The number of halogens is 4. The second-order valence-electron chi connectivity index (χ2n) is 3.71. The van der Waals surface area contributed by atoms with E-state index in [1.54, 1.807) is 18.2 Å². The van der Waals surface area contributed by atoms with Gasteiger partial charge in [0.15, 0.2) is 11.5 Å². The molecule has 0 aliphatic heterocycles. The quantitative estimate of drug-likeness (QED) is 0.762. The lowest BCUT2D eigenvalue weighted by atomic mass is 10.0. The monoisotopic (exact) mass is 334 g/mol. The predicted molar refractivity (Wildman–Crippen MR) is 78.0 cm³/mol. The van der Waals surface area contributed by atoms with E-state index in [4.69, 9.17) is 46.4 Å². The van der Waals surface area contributed by atoms with Crippen molar-refractivity contribution in [1.29, 1.82) is 0 Å². The fourth-order valence-corrected chi connectivity index (χ4v) is 2.61.